The lowest BCUT2D eigenvalue weighted by atomic mass is 9.51. The Morgan fingerprint density at radius 3 is 2.37 bits per heavy atom. The number of fused-ring (bicyclic) bond motifs is 1. The first-order chi connectivity index (χ1) is 14.6. The third-order valence-electron chi connectivity index (χ3n) is 8.64. The van der Waals surface area contributed by atoms with Gasteiger partial charge in [-0.25, -0.2) is 0 Å². The normalized spacial score (nSPS) is 36.4. The number of nitrogens with zero attached hydrogens (tertiary/aromatic N) is 1. The molecular weight excluding hydrogens is 415 g/mol. The van der Waals surface area contributed by atoms with Crippen LogP contribution >= 0.6 is 23.2 Å². The highest BCUT2D eigenvalue weighted by molar-refractivity contribution is 6.38. The van der Waals surface area contributed by atoms with Gasteiger partial charge in [-0.05, 0) is 92.4 Å². The molecule has 7 rings (SSSR count). The Kier molecular flexibility index (Phi) is 5.03. The highest BCUT2D eigenvalue weighted by Gasteiger charge is 2.49. The molecule has 5 fully saturated rings. The molecule has 1 aromatic heterocycles. The summed E-state index contributed by atoms with van der Waals surface area (Å²) in [7, 11) is 0. The minimum atomic E-state index is -0.513. The monoisotopic (exact) mass is 445 g/mol. The molecule has 2 heterocycles. The number of halogens is 2. The molecule has 2 aromatic rings. The van der Waals surface area contributed by atoms with Gasteiger partial charge in [-0.3, -0.25) is 4.98 Å². The Balaban J connectivity index is 1.47. The minimum Gasteiger partial charge on any atom is -0.382 e. The van der Waals surface area contributed by atoms with E-state index in [-0.39, 0.29) is 6.04 Å². The van der Waals surface area contributed by atoms with E-state index < -0.39 is 6.10 Å². The summed E-state index contributed by atoms with van der Waals surface area (Å²) in [6.07, 6.45) is 9.85. The first-order valence-corrected chi connectivity index (χ1v) is 12.6. The van der Waals surface area contributed by atoms with Gasteiger partial charge in [0.2, 0.25) is 0 Å². The summed E-state index contributed by atoms with van der Waals surface area (Å²) in [6, 6.07) is 6.17. The van der Waals surface area contributed by atoms with Crippen LogP contribution in [-0.4, -0.2) is 22.7 Å². The number of benzene rings is 1. The Bertz CT molecular complexity index is 943. The minimum absolute atomic E-state index is 0.202. The number of pyridine rings is 1. The maximum atomic E-state index is 11.5. The molecule has 0 radical (unpaired) electrons. The molecule has 1 aliphatic heterocycles. The number of nitrogens with two attached hydrogens (primary N) is 1. The molecule has 0 unspecified atom stereocenters. The first kappa shape index (κ1) is 19.8. The molecule has 5 heteroatoms. The number of hydrogen-bond donors (Lipinski definition) is 2. The van der Waals surface area contributed by atoms with Crippen molar-refractivity contribution in [2.24, 2.45) is 23.7 Å². The first-order valence-electron chi connectivity index (χ1n) is 11.9. The highest BCUT2D eigenvalue weighted by Crippen LogP contribution is 2.59. The molecule has 4 bridgehead atoms. The Hall–Kier alpha value is -0.870. The van der Waals surface area contributed by atoms with Gasteiger partial charge in [0.25, 0.3) is 0 Å². The van der Waals surface area contributed by atoms with Gasteiger partial charge < -0.3 is 10.4 Å². The van der Waals surface area contributed by atoms with E-state index >= 15 is 0 Å². The molecular formula is C25H31Cl2N2O+. The predicted octanol–water partition coefficient (Wildman–Crippen LogP) is 5.23. The SMILES string of the molecule is O[C@H](c1cc(C2C3CC4CC(C3)CC2C4)nc2c(Cl)cc(Cl)cc12)[C@@H]1CCCC[NH2+]1. The second kappa shape index (κ2) is 7.62. The number of quaternary nitrogens is 1. The summed E-state index contributed by atoms with van der Waals surface area (Å²) in [5, 5.41) is 15.9. The van der Waals surface area contributed by atoms with Crippen molar-refractivity contribution in [3.63, 3.8) is 0 Å². The molecule has 5 aliphatic rings. The molecule has 3 N–H and O–H groups in total. The summed E-state index contributed by atoms with van der Waals surface area (Å²) in [5.74, 6) is 3.91. The van der Waals surface area contributed by atoms with E-state index in [0.717, 1.165) is 53.1 Å². The van der Waals surface area contributed by atoms with Gasteiger partial charge in [0.15, 0.2) is 0 Å². The van der Waals surface area contributed by atoms with Gasteiger partial charge in [-0.15, -0.1) is 0 Å². The van der Waals surface area contributed by atoms with Crippen LogP contribution in [0.15, 0.2) is 18.2 Å². The second-order valence-electron chi connectivity index (χ2n) is 10.5. The average molecular weight is 446 g/mol. The van der Waals surface area contributed by atoms with Gasteiger partial charge in [0, 0.05) is 28.4 Å². The molecule has 160 valence electrons. The third-order valence-corrected chi connectivity index (χ3v) is 9.14. The van der Waals surface area contributed by atoms with Crippen molar-refractivity contribution in [1.29, 1.82) is 0 Å². The molecule has 30 heavy (non-hydrogen) atoms. The van der Waals surface area contributed by atoms with Crippen LogP contribution < -0.4 is 5.32 Å². The number of piperidine rings is 1. The maximum Gasteiger partial charge on any atom is 0.131 e. The topological polar surface area (TPSA) is 49.7 Å². The molecule has 1 aromatic carbocycles. The van der Waals surface area contributed by atoms with E-state index in [2.05, 4.69) is 11.4 Å². The summed E-state index contributed by atoms with van der Waals surface area (Å²) in [4.78, 5) is 5.14. The maximum absolute atomic E-state index is 11.5. The van der Waals surface area contributed by atoms with Gasteiger partial charge in [-0.2, -0.15) is 0 Å². The number of hydrogen-bond acceptors (Lipinski definition) is 2. The third kappa shape index (κ3) is 3.28. The summed E-state index contributed by atoms with van der Waals surface area (Å²) in [5.41, 5.74) is 2.97. The Morgan fingerprint density at radius 2 is 1.70 bits per heavy atom. The van der Waals surface area contributed by atoms with Crippen molar-refractivity contribution in [2.45, 2.75) is 69.4 Å². The van der Waals surface area contributed by atoms with Crippen molar-refractivity contribution in [3.8, 4) is 0 Å². The van der Waals surface area contributed by atoms with Gasteiger partial charge in [0.05, 0.1) is 17.1 Å². The van der Waals surface area contributed by atoms with E-state index in [1.54, 1.807) is 6.07 Å². The van der Waals surface area contributed by atoms with E-state index in [4.69, 9.17) is 28.2 Å². The number of aliphatic hydroxyl groups is 1. The Labute approximate surface area is 188 Å². The molecule has 2 atom stereocenters. The fourth-order valence-electron chi connectivity index (χ4n) is 7.61. The zero-order chi connectivity index (χ0) is 20.4. The van der Waals surface area contributed by atoms with Crippen molar-refractivity contribution >= 4 is 34.1 Å². The van der Waals surface area contributed by atoms with E-state index in [1.807, 2.05) is 6.07 Å². The molecule has 0 amide bonds. The fraction of sp³-hybridized carbons (Fsp3) is 0.640. The number of rotatable bonds is 3. The van der Waals surface area contributed by atoms with E-state index in [9.17, 15) is 5.11 Å². The van der Waals surface area contributed by atoms with Crippen LogP contribution in [0.3, 0.4) is 0 Å². The van der Waals surface area contributed by atoms with E-state index in [0.29, 0.717) is 16.0 Å². The Morgan fingerprint density at radius 1 is 0.967 bits per heavy atom. The lowest BCUT2D eigenvalue weighted by molar-refractivity contribution is -0.705. The molecule has 4 aliphatic carbocycles. The smallest absolute Gasteiger partial charge is 0.131 e. The lowest BCUT2D eigenvalue weighted by Crippen LogP contribution is -2.92. The quantitative estimate of drug-likeness (QED) is 0.678. The standard InChI is InChI=1S/C25H30Cl2N2O/c26-17-10-18-19(25(30)21-3-1-2-4-28-21)12-22(29-24(18)20(27)11-17)23-15-6-13-5-14(8-15)9-16(23)7-13/h10-16,21,23,25,28,30H,1-9H2/p+1/t13?,14?,15?,16?,21-,23?,25+/m0/s1. The number of aliphatic hydroxyl groups excluding tert-OH is 1. The van der Waals surface area contributed by atoms with Crippen LogP contribution in [0.1, 0.15) is 74.6 Å². The number of aromatic nitrogens is 1. The molecule has 0 spiro atoms. The van der Waals surface area contributed by atoms with Crippen LogP contribution in [0, 0.1) is 23.7 Å². The van der Waals surface area contributed by atoms with Crippen molar-refractivity contribution < 1.29 is 10.4 Å². The van der Waals surface area contributed by atoms with Crippen molar-refractivity contribution in [2.75, 3.05) is 6.54 Å². The lowest BCUT2D eigenvalue weighted by Gasteiger charge is -2.54. The van der Waals surface area contributed by atoms with E-state index in [1.165, 1.54) is 50.6 Å². The van der Waals surface area contributed by atoms with Gasteiger partial charge in [0.1, 0.15) is 12.1 Å². The summed E-state index contributed by atoms with van der Waals surface area (Å²) in [6.45, 7) is 1.09. The van der Waals surface area contributed by atoms with Crippen LogP contribution in [0.5, 0.6) is 0 Å². The molecule has 3 nitrogen and oxygen atoms in total. The summed E-state index contributed by atoms with van der Waals surface area (Å²) < 4.78 is 0. The van der Waals surface area contributed by atoms with Gasteiger partial charge in [-0.1, -0.05) is 23.2 Å². The molecule has 1 saturated heterocycles. The van der Waals surface area contributed by atoms with Crippen molar-refractivity contribution in [1.82, 2.24) is 4.98 Å². The van der Waals surface area contributed by atoms with Crippen molar-refractivity contribution in [3.05, 3.63) is 39.5 Å². The fourth-order valence-corrected chi connectivity index (χ4v) is 8.15. The van der Waals surface area contributed by atoms with Crippen LogP contribution in [0.2, 0.25) is 10.0 Å². The molecule has 4 saturated carbocycles. The van der Waals surface area contributed by atoms with Crippen LogP contribution in [-0.2, 0) is 0 Å². The zero-order valence-electron chi connectivity index (χ0n) is 17.4. The predicted molar refractivity (Wildman–Crippen MR) is 121 cm³/mol. The van der Waals surface area contributed by atoms with Crippen LogP contribution in [0.4, 0.5) is 0 Å². The second-order valence-corrected chi connectivity index (χ2v) is 11.3. The largest absolute Gasteiger partial charge is 0.382 e. The zero-order valence-corrected chi connectivity index (χ0v) is 18.9. The van der Waals surface area contributed by atoms with Crippen LogP contribution in [0.25, 0.3) is 10.9 Å². The van der Waals surface area contributed by atoms with Gasteiger partial charge >= 0.3 is 0 Å². The summed E-state index contributed by atoms with van der Waals surface area (Å²) >= 11 is 13.0. The average Bonchev–Trinajstić information content (AvgIpc) is 2.73. The highest BCUT2D eigenvalue weighted by atomic mass is 35.5.